The van der Waals surface area contributed by atoms with E-state index < -0.39 is 0 Å². The van der Waals surface area contributed by atoms with Gasteiger partial charge >= 0.3 is 0 Å². The van der Waals surface area contributed by atoms with Gasteiger partial charge in [0.05, 0.1) is 17.5 Å². The van der Waals surface area contributed by atoms with Crippen molar-refractivity contribution in [2.24, 2.45) is 13.0 Å². The summed E-state index contributed by atoms with van der Waals surface area (Å²) in [6.45, 7) is 31.8. The normalized spacial score (nSPS) is 10.9. The Bertz CT molecular complexity index is 503. The van der Waals surface area contributed by atoms with Gasteiger partial charge in [-0.25, -0.2) is 0 Å². The molecule has 0 aliphatic carbocycles. The molecule has 0 saturated carbocycles. The molecule has 238 valence electrons. The number of hydrogen-bond acceptors (Lipinski definition) is 3. The molecule has 0 spiro atoms. The third-order valence-corrected chi connectivity index (χ3v) is 6.05. The van der Waals surface area contributed by atoms with E-state index in [1.807, 2.05) is 31.6 Å². The molecule has 0 aliphatic heterocycles. The quantitative estimate of drug-likeness (QED) is 0.159. The van der Waals surface area contributed by atoms with Crippen molar-refractivity contribution in [2.45, 2.75) is 166 Å². The molecule has 0 N–H and O–H groups in total. The average molecular weight is 557 g/mol. The average Bonchev–Trinajstić information content (AvgIpc) is 3.32. The van der Waals surface area contributed by atoms with E-state index in [1.54, 1.807) is 7.11 Å². The Morgan fingerprint density at radius 1 is 0.744 bits per heavy atom. The fourth-order valence-corrected chi connectivity index (χ4v) is 2.78. The first-order chi connectivity index (χ1) is 18.7. The number of ether oxygens (including phenoxy) is 2. The van der Waals surface area contributed by atoms with E-state index in [0.717, 1.165) is 36.9 Å². The number of hydrogen-bond donors (Lipinski definition) is 0. The Hall–Kier alpha value is -1.13. The van der Waals surface area contributed by atoms with Gasteiger partial charge in [-0.15, -0.1) is 13.2 Å². The summed E-state index contributed by atoms with van der Waals surface area (Å²) in [5.74, 6) is 0.955. The molecule has 0 radical (unpaired) electrons. The first kappa shape index (κ1) is 47.6. The van der Waals surface area contributed by atoms with Crippen molar-refractivity contribution in [3.05, 3.63) is 30.6 Å². The maximum absolute atomic E-state index is 5.28. The number of aryl methyl sites for hydroxylation is 2. The Kier molecular flexibility index (Phi) is 53.6. The fraction of sp³-hybridized carbons (Fsp3) is 0.857. The largest absolute Gasteiger partial charge is 0.381 e. The van der Waals surface area contributed by atoms with Crippen molar-refractivity contribution in [1.82, 2.24) is 9.78 Å². The van der Waals surface area contributed by atoms with Crippen molar-refractivity contribution in [3.63, 3.8) is 0 Å². The topological polar surface area (TPSA) is 36.3 Å². The van der Waals surface area contributed by atoms with Gasteiger partial charge in [0, 0.05) is 27.4 Å². The number of rotatable bonds is 15. The van der Waals surface area contributed by atoms with Gasteiger partial charge in [0.2, 0.25) is 0 Å². The van der Waals surface area contributed by atoms with Crippen LogP contribution in [0.4, 0.5) is 0 Å². The predicted molar refractivity (Wildman–Crippen MR) is 180 cm³/mol. The smallest absolute Gasteiger partial charge is 0.0959 e. The van der Waals surface area contributed by atoms with Crippen molar-refractivity contribution in [3.8, 4) is 0 Å². The Labute approximate surface area is 248 Å². The molecule has 2 atom stereocenters. The highest BCUT2D eigenvalue weighted by molar-refractivity contribution is 5.10. The van der Waals surface area contributed by atoms with Crippen LogP contribution in [-0.2, 0) is 16.5 Å². The van der Waals surface area contributed by atoms with Crippen LogP contribution in [0.25, 0.3) is 0 Å². The lowest BCUT2D eigenvalue weighted by molar-refractivity contribution is 0.112. The molecular weight excluding hydrogens is 480 g/mol. The third-order valence-electron chi connectivity index (χ3n) is 6.05. The highest BCUT2D eigenvalue weighted by Crippen LogP contribution is 2.15. The zero-order chi connectivity index (χ0) is 31.3. The monoisotopic (exact) mass is 557 g/mol. The molecule has 0 saturated heterocycles. The summed E-state index contributed by atoms with van der Waals surface area (Å²) in [4.78, 5) is 0. The van der Waals surface area contributed by atoms with E-state index in [4.69, 9.17) is 9.47 Å². The van der Waals surface area contributed by atoms with Gasteiger partial charge in [-0.3, -0.25) is 4.68 Å². The number of aromatic nitrogens is 2. The summed E-state index contributed by atoms with van der Waals surface area (Å²) >= 11 is 0. The lowest BCUT2D eigenvalue weighted by Crippen LogP contribution is -2.03. The van der Waals surface area contributed by atoms with Crippen LogP contribution < -0.4 is 0 Å². The molecule has 0 aromatic carbocycles. The summed E-state index contributed by atoms with van der Waals surface area (Å²) in [7, 11) is 3.63. The lowest BCUT2D eigenvalue weighted by atomic mass is 10.0. The maximum atomic E-state index is 5.28. The second kappa shape index (κ2) is 43.9. The molecule has 0 aliphatic rings. The molecule has 1 rings (SSSR count). The van der Waals surface area contributed by atoms with Crippen LogP contribution in [0.3, 0.4) is 0 Å². The molecule has 0 bridgehead atoms. The van der Waals surface area contributed by atoms with Crippen LogP contribution in [-0.4, -0.2) is 30.1 Å². The summed E-state index contributed by atoms with van der Waals surface area (Å²) in [6, 6.07) is 2.04. The van der Waals surface area contributed by atoms with E-state index in [0.29, 0.717) is 0 Å². The zero-order valence-corrected chi connectivity index (χ0v) is 29.5. The minimum Gasteiger partial charge on any atom is -0.381 e. The van der Waals surface area contributed by atoms with Crippen LogP contribution in [0, 0.1) is 12.8 Å². The SMILES string of the molecule is C=C.CCCC.CCCC.CCCCCC(C)CC.CCCCCOCCC.COC(C)c1cc(C)nn1C. The molecule has 4 heteroatoms. The van der Waals surface area contributed by atoms with Gasteiger partial charge < -0.3 is 9.47 Å². The van der Waals surface area contributed by atoms with Crippen LogP contribution in [0.5, 0.6) is 0 Å². The summed E-state index contributed by atoms with van der Waals surface area (Å²) in [5.41, 5.74) is 2.15. The number of methoxy groups -OCH3 is 1. The van der Waals surface area contributed by atoms with Gasteiger partial charge in [0.15, 0.2) is 0 Å². The van der Waals surface area contributed by atoms with Crippen molar-refractivity contribution < 1.29 is 9.47 Å². The van der Waals surface area contributed by atoms with E-state index in [-0.39, 0.29) is 6.10 Å². The lowest BCUT2D eigenvalue weighted by Gasteiger charge is -2.08. The predicted octanol–water partition coefficient (Wildman–Crippen LogP) is 12.1. The van der Waals surface area contributed by atoms with E-state index >= 15 is 0 Å². The molecule has 0 fully saturated rings. The van der Waals surface area contributed by atoms with Gasteiger partial charge in [-0.2, -0.15) is 5.10 Å². The standard InChI is InChI=1S/C9H20.C8H14N2O.C8H18O.2C4H10.C2H4/c1-4-6-7-8-9(3)5-2;1-6-5-8(7(2)11-4)10(3)9-6;1-3-5-6-8-9-7-4-2;2*1-3-4-2;1-2/h9H,4-8H2,1-3H3;5,7H,1-4H3;3-8H2,1-2H3;2*3-4H2,1-2H3;1-2H2. The molecule has 1 heterocycles. The van der Waals surface area contributed by atoms with Crippen LogP contribution in [0.1, 0.15) is 170 Å². The summed E-state index contributed by atoms with van der Waals surface area (Å²) in [5, 5.41) is 4.22. The van der Waals surface area contributed by atoms with Crippen LogP contribution in [0.2, 0.25) is 0 Å². The second-order valence-corrected chi connectivity index (χ2v) is 10.0. The molecule has 1 aromatic rings. The van der Waals surface area contributed by atoms with Gasteiger partial charge in [-0.05, 0) is 38.7 Å². The molecule has 1 aromatic heterocycles. The van der Waals surface area contributed by atoms with E-state index in [2.05, 4.69) is 80.6 Å². The molecule has 2 unspecified atom stereocenters. The molecule has 4 nitrogen and oxygen atoms in total. The first-order valence-corrected chi connectivity index (χ1v) is 16.3. The zero-order valence-electron chi connectivity index (χ0n) is 29.5. The minimum absolute atomic E-state index is 0.126. The maximum Gasteiger partial charge on any atom is 0.0959 e. The highest BCUT2D eigenvalue weighted by Gasteiger charge is 2.08. The van der Waals surface area contributed by atoms with Crippen molar-refractivity contribution in [2.75, 3.05) is 20.3 Å². The van der Waals surface area contributed by atoms with Crippen LogP contribution in [0.15, 0.2) is 19.2 Å². The second-order valence-electron chi connectivity index (χ2n) is 10.0. The third kappa shape index (κ3) is 44.1. The van der Waals surface area contributed by atoms with Gasteiger partial charge in [0.25, 0.3) is 0 Å². The Morgan fingerprint density at radius 2 is 1.23 bits per heavy atom. The molecular formula is C35H76N2O2. The van der Waals surface area contributed by atoms with Crippen LogP contribution >= 0.6 is 0 Å². The van der Waals surface area contributed by atoms with Crippen molar-refractivity contribution >= 4 is 0 Å². The summed E-state index contributed by atoms with van der Waals surface area (Å²) < 4.78 is 12.3. The van der Waals surface area contributed by atoms with E-state index in [9.17, 15) is 0 Å². The fourth-order valence-electron chi connectivity index (χ4n) is 2.78. The van der Waals surface area contributed by atoms with Gasteiger partial charge in [0.1, 0.15) is 0 Å². The van der Waals surface area contributed by atoms with E-state index in [1.165, 1.54) is 77.0 Å². The minimum atomic E-state index is 0.126. The highest BCUT2D eigenvalue weighted by atomic mass is 16.5. The number of unbranched alkanes of at least 4 members (excludes halogenated alkanes) is 6. The summed E-state index contributed by atoms with van der Waals surface area (Å²) in [6.07, 6.45) is 17.4. The van der Waals surface area contributed by atoms with Gasteiger partial charge in [-0.1, -0.05) is 133 Å². The number of nitrogens with zero attached hydrogens (tertiary/aromatic N) is 2. The van der Waals surface area contributed by atoms with Crippen molar-refractivity contribution in [1.29, 1.82) is 0 Å². The molecule has 0 amide bonds. The Balaban J connectivity index is -0.000000127. The Morgan fingerprint density at radius 3 is 1.56 bits per heavy atom. The molecule has 39 heavy (non-hydrogen) atoms. The first-order valence-electron chi connectivity index (χ1n) is 16.3.